The van der Waals surface area contributed by atoms with Crippen LogP contribution in [-0.2, 0) is 0 Å². The summed E-state index contributed by atoms with van der Waals surface area (Å²) in [5.41, 5.74) is 0.296. The van der Waals surface area contributed by atoms with Gasteiger partial charge in [0.05, 0.1) is 16.1 Å². The van der Waals surface area contributed by atoms with E-state index in [0.29, 0.717) is 23.6 Å². The number of aromatic hydroxyl groups is 1. The van der Waals surface area contributed by atoms with E-state index in [2.05, 4.69) is 0 Å². The number of carbonyl (C=O) groups is 2. The first-order chi connectivity index (χ1) is 10.6. The van der Waals surface area contributed by atoms with Crippen LogP contribution in [0.5, 0.6) is 5.75 Å². The molecule has 0 unspecified atom stereocenters. The van der Waals surface area contributed by atoms with E-state index < -0.39 is 0 Å². The summed E-state index contributed by atoms with van der Waals surface area (Å²) >= 11 is 6.42. The van der Waals surface area contributed by atoms with Crippen molar-refractivity contribution < 1.29 is 14.7 Å². The molecule has 0 spiro atoms. The lowest BCUT2D eigenvalue weighted by atomic mass is 9.68. The summed E-state index contributed by atoms with van der Waals surface area (Å²) in [4.78, 5) is 25.6. The minimum absolute atomic E-state index is 0.102. The van der Waals surface area contributed by atoms with Crippen molar-refractivity contribution in [2.24, 2.45) is 11.8 Å². The van der Waals surface area contributed by atoms with Gasteiger partial charge in [0.15, 0.2) is 11.6 Å². The van der Waals surface area contributed by atoms with Crippen LogP contribution in [0.3, 0.4) is 0 Å². The quantitative estimate of drug-likeness (QED) is 0.743. The van der Waals surface area contributed by atoms with Crippen molar-refractivity contribution in [2.75, 3.05) is 0 Å². The largest absolute Gasteiger partial charge is 0.507 e. The van der Waals surface area contributed by atoms with E-state index in [1.54, 1.807) is 24.3 Å². The van der Waals surface area contributed by atoms with Gasteiger partial charge in [0.1, 0.15) is 5.75 Å². The summed E-state index contributed by atoms with van der Waals surface area (Å²) in [6, 6.07) is 7.02. The van der Waals surface area contributed by atoms with Gasteiger partial charge in [-0.3, -0.25) is 9.59 Å². The van der Waals surface area contributed by atoms with Gasteiger partial charge in [-0.1, -0.05) is 48.0 Å². The summed E-state index contributed by atoms with van der Waals surface area (Å²) in [5.74, 6) is -1.17. The van der Waals surface area contributed by atoms with E-state index in [1.165, 1.54) is 0 Å². The molecule has 2 aliphatic carbocycles. The lowest BCUT2D eigenvalue weighted by Crippen LogP contribution is -2.37. The minimum Gasteiger partial charge on any atom is -0.507 e. The van der Waals surface area contributed by atoms with Gasteiger partial charge in [0.25, 0.3) is 0 Å². The highest BCUT2D eigenvalue weighted by Gasteiger charge is 2.44. The molecule has 0 heterocycles. The van der Waals surface area contributed by atoms with Crippen LogP contribution in [-0.4, -0.2) is 16.7 Å². The molecule has 0 saturated carbocycles. The number of Topliss-reactive ketones (excluding diaryl/α,β-unsaturated/α-hetero) is 2. The average molecular weight is 313 g/mol. The fourth-order valence-corrected chi connectivity index (χ4v) is 3.97. The van der Waals surface area contributed by atoms with Gasteiger partial charge in [0, 0.05) is 22.6 Å². The third kappa shape index (κ3) is 1.63. The normalized spacial score (nSPS) is 23.5. The van der Waals surface area contributed by atoms with Crippen LogP contribution in [0.2, 0.25) is 5.02 Å². The van der Waals surface area contributed by atoms with Gasteiger partial charge in [-0.25, -0.2) is 0 Å². The summed E-state index contributed by atoms with van der Waals surface area (Å²) in [7, 11) is 0. The molecule has 0 radical (unpaired) electrons. The van der Waals surface area contributed by atoms with Gasteiger partial charge in [-0.2, -0.15) is 0 Å². The molecule has 2 aromatic carbocycles. The highest BCUT2D eigenvalue weighted by Crippen LogP contribution is 2.46. The highest BCUT2D eigenvalue weighted by molar-refractivity contribution is 6.41. The van der Waals surface area contributed by atoms with Crippen molar-refractivity contribution in [3.8, 4) is 5.75 Å². The van der Waals surface area contributed by atoms with Crippen LogP contribution in [0.4, 0.5) is 0 Å². The second kappa shape index (κ2) is 4.68. The van der Waals surface area contributed by atoms with Gasteiger partial charge in [0.2, 0.25) is 0 Å². The lowest BCUT2D eigenvalue weighted by molar-refractivity contribution is 0.0727. The number of phenols is 1. The van der Waals surface area contributed by atoms with Crippen LogP contribution in [0.25, 0.3) is 10.8 Å². The Hall–Kier alpha value is -2.13. The smallest absolute Gasteiger partial charge is 0.171 e. The Labute approximate surface area is 132 Å². The van der Waals surface area contributed by atoms with Crippen molar-refractivity contribution in [3.63, 3.8) is 0 Å². The number of benzene rings is 2. The van der Waals surface area contributed by atoms with Crippen molar-refractivity contribution in [3.05, 3.63) is 52.6 Å². The maximum atomic E-state index is 12.8. The van der Waals surface area contributed by atoms with Crippen molar-refractivity contribution in [2.45, 2.75) is 12.8 Å². The molecule has 3 nitrogen and oxygen atoms in total. The Morgan fingerprint density at radius 3 is 2.09 bits per heavy atom. The van der Waals surface area contributed by atoms with Crippen LogP contribution in [0, 0.1) is 11.8 Å². The molecule has 0 bridgehead atoms. The number of carbonyl (C=O) groups excluding carboxylic acids is 2. The first-order valence-corrected chi connectivity index (χ1v) is 7.65. The maximum absolute atomic E-state index is 12.8. The van der Waals surface area contributed by atoms with Crippen LogP contribution in [0.15, 0.2) is 36.4 Å². The predicted octanol–water partition coefficient (Wildman–Crippen LogP) is 4.16. The molecule has 0 fully saturated rings. The fourth-order valence-electron chi connectivity index (χ4n) is 3.61. The molecule has 4 rings (SSSR count). The van der Waals surface area contributed by atoms with E-state index in [1.807, 2.05) is 12.2 Å². The zero-order chi connectivity index (χ0) is 15.4. The van der Waals surface area contributed by atoms with Gasteiger partial charge in [-0.05, 0) is 12.8 Å². The molecule has 4 heteroatoms. The topological polar surface area (TPSA) is 54.4 Å². The zero-order valence-corrected chi connectivity index (χ0v) is 12.4. The van der Waals surface area contributed by atoms with Gasteiger partial charge in [-0.15, -0.1) is 0 Å². The first kappa shape index (κ1) is 13.5. The molecule has 0 saturated heterocycles. The zero-order valence-electron chi connectivity index (χ0n) is 11.7. The van der Waals surface area contributed by atoms with Gasteiger partial charge < -0.3 is 5.11 Å². The van der Waals surface area contributed by atoms with E-state index in [9.17, 15) is 14.7 Å². The Morgan fingerprint density at radius 1 is 0.909 bits per heavy atom. The summed E-state index contributed by atoms with van der Waals surface area (Å²) < 4.78 is 0. The van der Waals surface area contributed by atoms with Crippen molar-refractivity contribution in [1.29, 1.82) is 0 Å². The van der Waals surface area contributed by atoms with Gasteiger partial charge >= 0.3 is 0 Å². The summed E-state index contributed by atoms with van der Waals surface area (Å²) in [5, 5.41) is 11.9. The van der Waals surface area contributed by atoms with Crippen LogP contribution < -0.4 is 0 Å². The van der Waals surface area contributed by atoms with Crippen molar-refractivity contribution >= 4 is 33.9 Å². The van der Waals surface area contributed by atoms with Crippen LogP contribution >= 0.6 is 11.6 Å². The average Bonchev–Trinajstić information content (AvgIpc) is 2.56. The second-order valence-corrected chi connectivity index (χ2v) is 6.22. The molecule has 2 atom stereocenters. The fraction of sp³-hybridized carbons (Fsp3) is 0.222. The molecule has 2 aliphatic rings. The molecule has 0 aromatic heterocycles. The number of hydrogen-bond donors (Lipinski definition) is 1. The van der Waals surface area contributed by atoms with E-state index in [4.69, 9.17) is 11.6 Å². The Kier molecular flexibility index (Phi) is 2.88. The molecular weight excluding hydrogens is 300 g/mol. The monoisotopic (exact) mass is 312 g/mol. The van der Waals surface area contributed by atoms with E-state index >= 15 is 0 Å². The molecule has 2 aromatic rings. The first-order valence-electron chi connectivity index (χ1n) is 7.28. The second-order valence-electron chi connectivity index (χ2n) is 5.84. The number of phenolic OH excluding ortho intramolecular Hbond substituents is 1. The number of allylic oxidation sites excluding steroid dienone is 2. The summed E-state index contributed by atoms with van der Waals surface area (Å²) in [6.45, 7) is 0. The Morgan fingerprint density at radius 2 is 1.45 bits per heavy atom. The number of ketones is 2. The molecular formula is C18H13ClO3. The Balaban J connectivity index is 2.09. The maximum Gasteiger partial charge on any atom is 0.171 e. The van der Waals surface area contributed by atoms with E-state index in [-0.39, 0.29) is 45.3 Å². The number of halogens is 1. The predicted molar refractivity (Wildman–Crippen MR) is 84.6 cm³/mol. The summed E-state index contributed by atoms with van der Waals surface area (Å²) in [6.07, 6.45) is 4.96. The SMILES string of the molecule is O=C1c2c(c(Cl)c3ccccc3c2O)C(=O)[C@H]2CC=CC[C@H]12. The molecule has 1 N–H and O–H groups in total. The number of rotatable bonds is 0. The molecule has 0 aliphatic heterocycles. The molecule has 22 heavy (non-hydrogen) atoms. The highest BCUT2D eigenvalue weighted by atomic mass is 35.5. The van der Waals surface area contributed by atoms with Crippen LogP contribution in [0.1, 0.15) is 33.6 Å². The number of hydrogen-bond acceptors (Lipinski definition) is 3. The third-order valence-corrected chi connectivity index (χ3v) is 5.12. The number of fused-ring (bicyclic) bond motifs is 3. The minimum atomic E-state index is -0.381. The standard InChI is InChI=1S/C18H13ClO3/c19-15-9-5-1-2-6-10(9)17(21)14-13(15)16(20)11-7-3-4-8-12(11)18(14)22/h1-6,11-12,21H,7-8H2/t11-,12-/m0/s1. The third-order valence-electron chi connectivity index (χ3n) is 4.72. The Bertz CT molecular complexity index is 796. The molecule has 0 amide bonds. The van der Waals surface area contributed by atoms with E-state index in [0.717, 1.165) is 0 Å². The lowest BCUT2D eigenvalue weighted by Gasteiger charge is -2.32. The molecule has 110 valence electrons. The van der Waals surface area contributed by atoms with Crippen molar-refractivity contribution in [1.82, 2.24) is 0 Å².